The van der Waals surface area contributed by atoms with Crippen LogP contribution in [0.25, 0.3) is 0 Å². The van der Waals surface area contributed by atoms with E-state index in [-0.39, 0.29) is 6.54 Å². The minimum atomic E-state index is -4.60. The average Bonchev–Trinajstić information content (AvgIpc) is 2.18. The minimum absolute atomic E-state index is 0.369. The van der Waals surface area contributed by atoms with Crippen molar-refractivity contribution in [1.82, 2.24) is 5.48 Å². The molecule has 0 fully saturated rings. The Morgan fingerprint density at radius 2 is 1.94 bits per heavy atom. The summed E-state index contributed by atoms with van der Waals surface area (Å²) in [5.74, 6) is -1.42. The van der Waals surface area contributed by atoms with Crippen molar-refractivity contribution in [2.45, 2.75) is 12.7 Å². The Bertz CT molecular complexity index is 379. The summed E-state index contributed by atoms with van der Waals surface area (Å²) in [5, 5.41) is 18.4. The Balaban J connectivity index is 3.22. The van der Waals surface area contributed by atoms with Gasteiger partial charge in [-0.2, -0.15) is 18.7 Å². The van der Waals surface area contributed by atoms with Crippen LogP contribution in [-0.2, 0) is 17.6 Å². The molecular formula is C9H10F3NO3. The summed E-state index contributed by atoms with van der Waals surface area (Å²) in [6.45, 7) is -0.369. The first kappa shape index (κ1) is 12.6. The second-order valence-corrected chi connectivity index (χ2v) is 2.98. The maximum atomic E-state index is 12.5. The molecule has 0 spiro atoms. The van der Waals surface area contributed by atoms with Gasteiger partial charge in [-0.15, -0.1) is 0 Å². The summed E-state index contributed by atoms with van der Waals surface area (Å²) < 4.78 is 37.6. The lowest BCUT2D eigenvalue weighted by atomic mass is 10.1. The van der Waals surface area contributed by atoms with Gasteiger partial charge in [0, 0.05) is 5.56 Å². The normalized spacial score (nSPS) is 11.8. The maximum absolute atomic E-state index is 12.5. The molecule has 1 rings (SSSR count). The lowest BCUT2D eigenvalue weighted by Gasteiger charge is -2.14. The van der Waals surface area contributed by atoms with Crippen molar-refractivity contribution < 1.29 is 28.2 Å². The van der Waals surface area contributed by atoms with E-state index in [2.05, 4.69) is 10.3 Å². The molecule has 0 saturated heterocycles. The summed E-state index contributed by atoms with van der Waals surface area (Å²) in [7, 11) is 1.23. The van der Waals surface area contributed by atoms with Gasteiger partial charge >= 0.3 is 6.18 Å². The number of phenolic OH excluding ortho intramolecular Hbond substituents is 2. The molecule has 0 bridgehead atoms. The molecular weight excluding hydrogens is 227 g/mol. The van der Waals surface area contributed by atoms with Crippen LogP contribution in [0.3, 0.4) is 0 Å². The van der Waals surface area contributed by atoms with Crippen LogP contribution in [0.2, 0.25) is 0 Å². The van der Waals surface area contributed by atoms with Crippen LogP contribution in [0.15, 0.2) is 12.1 Å². The third-order valence-corrected chi connectivity index (χ3v) is 1.96. The zero-order valence-electron chi connectivity index (χ0n) is 8.30. The number of nitrogens with one attached hydrogen (secondary N) is 1. The minimum Gasteiger partial charge on any atom is -0.504 e. The van der Waals surface area contributed by atoms with Gasteiger partial charge in [-0.25, -0.2) is 0 Å². The number of rotatable bonds is 3. The third-order valence-electron chi connectivity index (χ3n) is 1.96. The SMILES string of the molecule is CONCc1c(C(F)(F)F)ccc(O)c1O. The number of phenols is 2. The summed E-state index contributed by atoms with van der Waals surface area (Å²) in [6, 6.07) is 1.48. The monoisotopic (exact) mass is 237 g/mol. The lowest BCUT2D eigenvalue weighted by Crippen LogP contribution is -2.16. The van der Waals surface area contributed by atoms with E-state index in [1.165, 1.54) is 7.11 Å². The van der Waals surface area contributed by atoms with Gasteiger partial charge in [0.25, 0.3) is 0 Å². The van der Waals surface area contributed by atoms with Crippen molar-refractivity contribution in [1.29, 1.82) is 0 Å². The van der Waals surface area contributed by atoms with E-state index in [4.69, 9.17) is 5.11 Å². The van der Waals surface area contributed by atoms with Crippen LogP contribution in [-0.4, -0.2) is 17.3 Å². The Morgan fingerprint density at radius 1 is 1.31 bits per heavy atom. The van der Waals surface area contributed by atoms with E-state index >= 15 is 0 Å². The van der Waals surface area contributed by atoms with Gasteiger partial charge < -0.3 is 15.1 Å². The van der Waals surface area contributed by atoms with E-state index in [0.29, 0.717) is 6.07 Å². The fourth-order valence-corrected chi connectivity index (χ4v) is 1.21. The molecule has 0 unspecified atom stereocenters. The summed E-state index contributed by atoms with van der Waals surface area (Å²) in [4.78, 5) is 4.40. The zero-order valence-corrected chi connectivity index (χ0v) is 8.30. The molecule has 0 atom stereocenters. The molecule has 90 valence electrons. The molecule has 0 aromatic heterocycles. The largest absolute Gasteiger partial charge is 0.504 e. The number of hydroxylamine groups is 1. The van der Waals surface area contributed by atoms with E-state index in [9.17, 15) is 18.3 Å². The van der Waals surface area contributed by atoms with Crippen molar-refractivity contribution >= 4 is 0 Å². The van der Waals surface area contributed by atoms with Gasteiger partial charge in [0.1, 0.15) is 0 Å². The summed E-state index contributed by atoms with van der Waals surface area (Å²) in [5.41, 5.74) is 0.689. The number of hydrogen-bond donors (Lipinski definition) is 3. The van der Waals surface area contributed by atoms with Gasteiger partial charge in [-0.1, -0.05) is 0 Å². The highest BCUT2D eigenvalue weighted by Gasteiger charge is 2.35. The summed E-state index contributed by atoms with van der Waals surface area (Å²) in [6.07, 6.45) is -4.60. The Hall–Kier alpha value is -1.47. The second kappa shape index (κ2) is 4.58. The molecule has 1 aromatic rings. The number of alkyl halides is 3. The van der Waals surface area contributed by atoms with Crippen LogP contribution in [0.4, 0.5) is 13.2 Å². The standard InChI is InChI=1S/C9H10F3NO3/c1-16-13-4-5-6(9(10,11)12)2-3-7(14)8(5)15/h2-3,13-15H,4H2,1H3. The highest BCUT2D eigenvalue weighted by Crippen LogP contribution is 2.39. The molecule has 7 heteroatoms. The van der Waals surface area contributed by atoms with Crippen molar-refractivity contribution in [3.8, 4) is 11.5 Å². The molecule has 0 aliphatic rings. The van der Waals surface area contributed by atoms with Crippen LogP contribution in [0.1, 0.15) is 11.1 Å². The first-order valence-electron chi connectivity index (χ1n) is 4.24. The maximum Gasteiger partial charge on any atom is 0.416 e. The van der Waals surface area contributed by atoms with Gasteiger partial charge in [-0.3, -0.25) is 0 Å². The van der Waals surface area contributed by atoms with Crippen LogP contribution < -0.4 is 5.48 Å². The second-order valence-electron chi connectivity index (χ2n) is 2.98. The fraction of sp³-hybridized carbons (Fsp3) is 0.333. The van der Waals surface area contributed by atoms with E-state index in [0.717, 1.165) is 6.07 Å². The quantitative estimate of drug-likeness (QED) is 0.553. The number of halogens is 3. The molecule has 0 aliphatic heterocycles. The molecule has 0 saturated carbocycles. The smallest absolute Gasteiger partial charge is 0.416 e. The third kappa shape index (κ3) is 2.56. The number of hydrogen-bond acceptors (Lipinski definition) is 4. The molecule has 0 amide bonds. The molecule has 0 aliphatic carbocycles. The van der Waals surface area contributed by atoms with Crippen molar-refractivity contribution in [2.75, 3.05) is 7.11 Å². The van der Waals surface area contributed by atoms with Crippen molar-refractivity contribution in [3.05, 3.63) is 23.3 Å². The molecule has 16 heavy (non-hydrogen) atoms. The molecule has 0 radical (unpaired) electrons. The molecule has 0 heterocycles. The van der Waals surface area contributed by atoms with E-state index in [1.54, 1.807) is 0 Å². The van der Waals surface area contributed by atoms with Gasteiger partial charge in [0.2, 0.25) is 0 Å². The first-order valence-corrected chi connectivity index (χ1v) is 4.24. The van der Waals surface area contributed by atoms with Crippen molar-refractivity contribution in [2.24, 2.45) is 0 Å². The van der Waals surface area contributed by atoms with Gasteiger partial charge in [0.15, 0.2) is 11.5 Å². The summed E-state index contributed by atoms with van der Waals surface area (Å²) >= 11 is 0. The predicted octanol–water partition coefficient (Wildman–Crippen LogP) is 1.77. The van der Waals surface area contributed by atoms with E-state index < -0.39 is 28.8 Å². The van der Waals surface area contributed by atoms with Crippen molar-refractivity contribution in [3.63, 3.8) is 0 Å². The lowest BCUT2D eigenvalue weighted by molar-refractivity contribution is -0.138. The van der Waals surface area contributed by atoms with Crippen LogP contribution in [0.5, 0.6) is 11.5 Å². The predicted molar refractivity (Wildman–Crippen MR) is 48.6 cm³/mol. The van der Waals surface area contributed by atoms with Gasteiger partial charge in [0.05, 0.1) is 19.2 Å². The highest BCUT2D eigenvalue weighted by molar-refractivity contribution is 5.49. The number of benzene rings is 1. The average molecular weight is 237 g/mol. The van der Waals surface area contributed by atoms with E-state index in [1.807, 2.05) is 0 Å². The van der Waals surface area contributed by atoms with Crippen LogP contribution in [0, 0.1) is 0 Å². The number of aromatic hydroxyl groups is 2. The Labute approximate surface area is 89.2 Å². The Morgan fingerprint density at radius 3 is 2.44 bits per heavy atom. The Kier molecular flexibility index (Phi) is 3.61. The molecule has 4 nitrogen and oxygen atoms in total. The highest BCUT2D eigenvalue weighted by atomic mass is 19.4. The fourth-order valence-electron chi connectivity index (χ4n) is 1.21. The molecule has 1 aromatic carbocycles. The zero-order chi connectivity index (χ0) is 12.3. The van der Waals surface area contributed by atoms with Crippen LogP contribution >= 0.6 is 0 Å². The first-order chi connectivity index (χ1) is 7.38. The van der Waals surface area contributed by atoms with Gasteiger partial charge in [-0.05, 0) is 12.1 Å². The molecule has 3 N–H and O–H groups in total. The topological polar surface area (TPSA) is 61.7 Å².